The van der Waals surface area contributed by atoms with Crippen molar-refractivity contribution in [1.29, 1.82) is 0 Å². The fraction of sp³-hybridized carbons (Fsp3) is 0.571. The SMILES string of the molecule is COCCOc1ccc(S(=O)(=O)NC2C3CNCC32)cc1. The average molecular weight is 312 g/mol. The van der Waals surface area contributed by atoms with E-state index < -0.39 is 10.0 Å². The van der Waals surface area contributed by atoms with Gasteiger partial charge in [0.15, 0.2) is 0 Å². The highest BCUT2D eigenvalue weighted by molar-refractivity contribution is 7.89. The lowest BCUT2D eigenvalue weighted by molar-refractivity contribution is 0.146. The molecule has 1 aliphatic carbocycles. The van der Waals surface area contributed by atoms with Crippen LogP contribution < -0.4 is 14.8 Å². The van der Waals surface area contributed by atoms with Gasteiger partial charge in [-0.25, -0.2) is 13.1 Å². The molecule has 1 saturated heterocycles. The Labute approximate surface area is 124 Å². The van der Waals surface area contributed by atoms with Crippen LogP contribution in [0, 0.1) is 11.8 Å². The lowest BCUT2D eigenvalue weighted by Gasteiger charge is -2.10. The summed E-state index contributed by atoms with van der Waals surface area (Å²) in [5.41, 5.74) is 0. The molecule has 1 saturated carbocycles. The number of sulfonamides is 1. The molecule has 1 aromatic carbocycles. The number of hydrogen-bond donors (Lipinski definition) is 2. The first-order chi connectivity index (χ1) is 10.1. The van der Waals surface area contributed by atoms with Gasteiger partial charge in [0.25, 0.3) is 0 Å². The van der Waals surface area contributed by atoms with Crippen molar-refractivity contribution in [1.82, 2.24) is 10.0 Å². The number of methoxy groups -OCH3 is 1. The predicted octanol–water partition coefficient (Wildman–Crippen LogP) is 0.208. The first-order valence-electron chi connectivity index (χ1n) is 7.06. The van der Waals surface area contributed by atoms with Crippen molar-refractivity contribution >= 4 is 10.0 Å². The van der Waals surface area contributed by atoms with Crippen molar-refractivity contribution < 1.29 is 17.9 Å². The first kappa shape index (κ1) is 14.8. The van der Waals surface area contributed by atoms with E-state index >= 15 is 0 Å². The Morgan fingerprint density at radius 3 is 2.48 bits per heavy atom. The van der Waals surface area contributed by atoms with Crippen LogP contribution in [0.1, 0.15) is 0 Å². The summed E-state index contributed by atoms with van der Waals surface area (Å²) in [6.45, 7) is 2.76. The molecule has 6 nitrogen and oxygen atoms in total. The second-order valence-corrected chi connectivity index (χ2v) is 7.16. The molecule has 7 heteroatoms. The fourth-order valence-electron chi connectivity index (χ4n) is 2.80. The smallest absolute Gasteiger partial charge is 0.240 e. The second kappa shape index (κ2) is 5.92. The molecule has 2 fully saturated rings. The van der Waals surface area contributed by atoms with Crippen LogP contribution in [0.25, 0.3) is 0 Å². The summed E-state index contributed by atoms with van der Waals surface area (Å²) in [5.74, 6) is 1.55. The van der Waals surface area contributed by atoms with Gasteiger partial charge in [0.2, 0.25) is 10.0 Å². The van der Waals surface area contributed by atoms with Crippen LogP contribution in [0.3, 0.4) is 0 Å². The topological polar surface area (TPSA) is 76.7 Å². The van der Waals surface area contributed by atoms with E-state index in [0.29, 0.717) is 30.8 Å². The van der Waals surface area contributed by atoms with Crippen LogP contribution in [0.2, 0.25) is 0 Å². The molecule has 2 aliphatic rings. The number of nitrogens with one attached hydrogen (secondary N) is 2. The summed E-state index contributed by atoms with van der Waals surface area (Å²) in [5, 5.41) is 3.25. The molecule has 2 unspecified atom stereocenters. The zero-order chi connectivity index (χ0) is 14.9. The van der Waals surface area contributed by atoms with Crippen molar-refractivity contribution in [3.05, 3.63) is 24.3 Å². The van der Waals surface area contributed by atoms with E-state index in [-0.39, 0.29) is 10.9 Å². The van der Waals surface area contributed by atoms with Crippen molar-refractivity contribution in [2.75, 3.05) is 33.4 Å². The molecule has 3 rings (SSSR count). The van der Waals surface area contributed by atoms with Gasteiger partial charge in [-0.05, 0) is 49.2 Å². The maximum atomic E-state index is 12.3. The third-order valence-electron chi connectivity index (χ3n) is 4.07. The maximum absolute atomic E-state index is 12.3. The van der Waals surface area contributed by atoms with Gasteiger partial charge in [0.05, 0.1) is 11.5 Å². The standard InChI is InChI=1S/C14H20N2O4S/c1-19-6-7-20-10-2-4-11(5-3-10)21(17,18)16-14-12-8-15-9-13(12)14/h2-5,12-16H,6-9H2,1H3. The van der Waals surface area contributed by atoms with Crippen molar-refractivity contribution in [3.8, 4) is 5.75 Å². The van der Waals surface area contributed by atoms with Crippen molar-refractivity contribution in [2.45, 2.75) is 10.9 Å². The third-order valence-corrected chi connectivity index (χ3v) is 5.55. The molecule has 2 atom stereocenters. The highest BCUT2D eigenvalue weighted by atomic mass is 32.2. The lowest BCUT2D eigenvalue weighted by atomic mass is 10.3. The molecule has 1 aliphatic heterocycles. The van der Waals surface area contributed by atoms with Gasteiger partial charge in [-0.1, -0.05) is 0 Å². The molecule has 0 radical (unpaired) electrons. The Balaban J connectivity index is 1.60. The molecule has 0 aromatic heterocycles. The second-order valence-electron chi connectivity index (χ2n) is 5.45. The third kappa shape index (κ3) is 3.21. The molecule has 0 spiro atoms. The fourth-order valence-corrected chi connectivity index (χ4v) is 4.14. The van der Waals surface area contributed by atoms with E-state index in [0.717, 1.165) is 13.1 Å². The quantitative estimate of drug-likeness (QED) is 0.704. The van der Waals surface area contributed by atoms with Crippen LogP contribution >= 0.6 is 0 Å². The number of piperidine rings is 1. The normalized spacial score (nSPS) is 27.4. The summed E-state index contributed by atoms with van der Waals surface area (Å²) >= 11 is 0. The number of ether oxygens (including phenoxy) is 2. The van der Waals surface area contributed by atoms with Crippen molar-refractivity contribution in [3.63, 3.8) is 0 Å². The molecule has 0 bridgehead atoms. The van der Waals surface area contributed by atoms with Gasteiger partial charge in [-0.15, -0.1) is 0 Å². The monoisotopic (exact) mass is 312 g/mol. The lowest BCUT2D eigenvalue weighted by Crippen LogP contribution is -2.32. The average Bonchev–Trinajstić information content (AvgIpc) is 2.89. The Kier molecular flexibility index (Phi) is 4.17. The predicted molar refractivity (Wildman–Crippen MR) is 77.8 cm³/mol. The molecule has 1 aromatic rings. The van der Waals surface area contributed by atoms with Crippen LogP contribution in [0.4, 0.5) is 0 Å². The highest BCUT2D eigenvalue weighted by Gasteiger charge is 2.54. The Bertz CT molecular complexity index is 577. The number of hydrogen-bond acceptors (Lipinski definition) is 5. The van der Waals surface area contributed by atoms with Gasteiger partial charge >= 0.3 is 0 Å². The summed E-state index contributed by atoms with van der Waals surface area (Å²) in [7, 11) is -1.83. The van der Waals surface area contributed by atoms with E-state index in [1.54, 1.807) is 31.4 Å². The summed E-state index contributed by atoms with van der Waals surface area (Å²) in [6, 6.07) is 6.56. The largest absolute Gasteiger partial charge is 0.491 e. The first-order valence-corrected chi connectivity index (χ1v) is 8.55. The van der Waals surface area contributed by atoms with Gasteiger partial charge < -0.3 is 14.8 Å². The van der Waals surface area contributed by atoms with E-state index in [1.807, 2.05) is 0 Å². The van der Waals surface area contributed by atoms with Crippen LogP contribution in [0.5, 0.6) is 5.75 Å². The van der Waals surface area contributed by atoms with E-state index in [4.69, 9.17) is 9.47 Å². The molecule has 116 valence electrons. The minimum absolute atomic E-state index is 0.0916. The minimum atomic E-state index is -3.44. The van der Waals surface area contributed by atoms with Crippen LogP contribution in [-0.2, 0) is 14.8 Å². The summed E-state index contributed by atoms with van der Waals surface area (Å²) in [4.78, 5) is 0.277. The number of benzene rings is 1. The zero-order valence-corrected chi connectivity index (χ0v) is 12.7. The molecule has 2 N–H and O–H groups in total. The summed E-state index contributed by atoms with van der Waals surface area (Å²) in [6.07, 6.45) is 0. The molecular formula is C14H20N2O4S. The van der Waals surface area contributed by atoms with Gasteiger partial charge in [-0.2, -0.15) is 0 Å². The van der Waals surface area contributed by atoms with Gasteiger partial charge in [-0.3, -0.25) is 0 Å². The molecule has 21 heavy (non-hydrogen) atoms. The minimum Gasteiger partial charge on any atom is -0.491 e. The number of fused-ring (bicyclic) bond motifs is 1. The van der Waals surface area contributed by atoms with Crippen molar-refractivity contribution in [2.24, 2.45) is 11.8 Å². The Morgan fingerprint density at radius 2 is 1.86 bits per heavy atom. The summed E-state index contributed by atoms with van der Waals surface area (Å²) < 4.78 is 37.7. The highest BCUT2D eigenvalue weighted by Crippen LogP contribution is 2.42. The Hall–Kier alpha value is -1.15. The molecule has 0 amide bonds. The van der Waals surface area contributed by atoms with E-state index in [9.17, 15) is 8.42 Å². The van der Waals surface area contributed by atoms with E-state index in [2.05, 4.69) is 10.0 Å². The zero-order valence-electron chi connectivity index (χ0n) is 11.9. The van der Waals surface area contributed by atoms with E-state index in [1.165, 1.54) is 0 Å². The van der Waals surface area contributed by atoms with Gasteiger partial charge in [0.1, 0.15) is 12.4 Å². The molecule has 1 heterocycles. The van der Waals surface area contributed by atoms with Crippen LogP contribution in [0.15, 0.2) is 29.2 Å². The Morgan fingerprint density at radius 1 is 1.19 bits per heavy atom. The van der Waals surface area contributed by atoms with Crippen LogP contribution in [-0.4, -0.2) is 47.9 Å². The molecular weight excluding hydrogens is 292 g/mol. The maximum Gasteiger partial charge on any atom is 0.240 e. The number of rotatable bonds is 7. The van der Waals surface area contributed by atoms with Gasteiger partial charge in [0, 0.05) is 13.2 Å².